The summed E-state index contributed by atoms with van der Waals surface area (Å²) in [5.41, 5.74) is 2.09. The number of fused-ring (bicyclic) bond motifs is 1. The molecule has 0 aliphatic heterocycles. The molecule has 2 aromatic rings. The maximum atomic E-state index is 11.1. The lowest BCUT2D eigenvalue weighted by Gasteiger charge is -1.97. The molecule has 17 heavy (non-hydrogen) atoms. The van der Waals surface area contributed by atoms with E-state index in [1.54, 1.807) is 25.4 Å². The Morgan fingerprint density at radius 3 is 3.12 bits per heavy atom. The minimum atomic E-state index is -0.187. The van der Waals surface area contributed by atoms with Crippen LogP contribution < -0.4 is 5.32 Å². The van der Waals surface area contributed by atoms with Crippen molar-refractivity contribution < 1.29 is 4.79 Å². The van der Waals surface area contributed by atoms with E-state index in [9.17, 15) is 4.79 Å². The summed E-state index contributed by atoms with van der Waals surface area (Å²) in [6.45, 7) is 0. The molecule has 5 heteroatoms. The lowest BCUT2D eigenvalue weighted by molar-refractivity contribution is -0.115. The largest absolute Gasteiger partial charge is 0.356 e. The monoisotopic (exact) mass is 226 g/mol. The third kappa shape index (κ3) is 2.16. The minimum Gasteiger partial charge on any atom is -0.356 e. The highest BCUT2D eigenvalue weighted by Gasteiger charge is 2.04. The zero-order valence-electron chi connectivity index (χ0n) is 9.19. The SMILES string of the molecule is CNC(=O)/C=C/c1cc(C#N)c2cn[nH]c2c1. The topological polar surface area (TPSA) is 81.6 Å². The first-order valence-corrected chi connectivity index (χ1v) is 5.01. The summed E-state index contributed by atoms with van der Waals surface area (Å²) in [6, 6.07) is 5.66. The molecule has 0 spiro atoms. The third-order valence-electron chi connectivity index (χ3n) is 2.38. The van der Waals surface area contributed by atoms with E-state index >= 15 is 0 Å². The van der Waals surface area contributed by atoms with Crippen molar-refractivity contribution >= 4 is 22.9 Å². The number of benzene rings is 1. The van der Waals surface area contributed by atoms with Crippen LogP contribution in [0.1, 0.15) is 11.1 Å². The maximum Gasteiger partial charge on any atom is 0.243 e. The van der Waals surface area contributed by atoms with Gasteiger partial charge in [-0.25, -0.2) is 0 Å². The van der Waals surface area contributed by atoms with Crippen LogP contribution in [0.15, 0.2) is 24.4 Å². The van der Waals surface area contributed by atoms with E-state index in [1.807, 2.05) is 6.07 Å². The van der Waals surface area contributed by atoms with Crippen LogP contribution in [0.2, 0.25) is 0 Å². The summed E-state index contributed by atoms with van der Waals surface area (Å²) in [5, 5.41) is 19.0. The van der Waals surface area contributed by atoms with Gasteiger partial charge < -0.3 is 5.32 Å². The molecule has 1 heterocycles. The lowest BCUT2D eigenvalue weighted by Crippen LogP contribution is -2.13. The summed E-state index contributed by atoms with van der Waals surface area (Å²) in [4.78, 5) is 11.1. The molecular formula is C12H10N4O. The summed E-state index contributed by atoms with van der Waals surface area (Å²) in [6.07, 6.45) is 4.68. The van der Waals surface area contributed by atoms with Gasteiger partial charge in [-0.3, -0.25) is 9.89 Å². The molecule has 0 aliphatic rings. The van der Waals surface area contributed by atoms with Crippen molar-refractivity contribution in [3.8, 4) is 6.07 Å². The summed E-state index contributed by atoms with van der Waals surface area (Å²) >= 11 is 0. The fraction of sp³-hybridized carbons (Fsp3) is 0.0833. The number of nitrogens with zero attached hydrogens (tertiary/aromatic N) is 2. The van der Waals surface area contributed by atoms with Gasteiger partial charge in [0, 0.05) is 18.5 Å². The van der Waals surface area contributed by atoms with E-state index in [2.05, 4.69) is 21.6 Å². The second-order valence-corrected chi connectivity index (χ2v) is 3.46. The van der Waals surface area contributed by atoms with Crippen LogP contribution in [-0.4, -0.2) is 23.2 Å². The minimum absolute atomic E-state index is 0.187. The Balaban J connectivity index is 2.46. The van der Waals surface area contributed by atoms with Gasteiger partial charge in [0.15, 0.2) is 0 Å². The van der Waals surface area contributed by atoms with E-state index in [1.165, 1.54) is 6.08 Å². The zero-order chi connectivity index (χ0) is 12.3. The molecule has 0 fully saturated rings. The van der Waals surface area contributed by atoms with Crippen molar-refractivity contribution in [1.29, 1.82) is 5.26 Å². The second kappa shape index (κ2) is 4.49. The van der Waals surface area contributed by atoms with Crippen LogP contribution in [0.25, 0.3) is 17.0 Å². The number of rotatable bonds is 2. The van der Waals surface area contributed by atoms with Gasteiger partial charge in [0.25, 0.3) is 0 Å². The van der Waals surface area contributed by atoms with E-state index in [4.69, 9.17) is 5.26 Å². The first-order chi connectivity index (χ1) is 8.24. The van der Waals surface area contributed by atoms with Crippen LogP contribution in [-0.2, 0) is 4.79 Å². The number of amides is 1. The smallest absolute Gasteiger partial charge is 0.243 e. The Labute approximate surface area is 97.7 Å². The Morgan fingerprint density at radius 1 is 1.59 bits per heavy atom. The molecule has 1 aromatic heterocycles. The van der Waals surface area contributed by atoms with E-state index < -0.39 is 0 Å². The lowest BCUT2D eigenvalue weighted by atomic mass is 10.1. The zero-order valence-corrected chi connectivity index (χ0v) is 9.19. The van der Waals surface area contributed by atoms with Crippen molar-refractivity contribution in [2.45, 2.75) is 0 Å². The van der Waals surface area contributed by atoms with Crippen LogP contribution in [0.3, 0.4) is 0 Å². The van der Waals surface area contributed by atoms with Crippen molar-refractivity contribution in [3.05, 3.63) is 35.5 Å². The first-order valence-electron chi connectivity index (χ1n) is 5.01. The molecule has 2 N–H and O–H groups in total. The second-order valence-electron chi connectivity index (χ2n) is 3.46. The molecule has 0 saturated heterocycles. The molecule has 1 amide bonds. The number of likely N-dealkylation sites (N-methyl/N-ethyl adjacent to an activating group) is 1. The predicted octanol–water partition coefficient (Wildman–Crippen LogP) is 1.19. The van der Waals surface area contributed by atoms with Crippen LogP contribution in [0, 0.1) is 11.3 Å². The van der Waals surface area contributed by atoms with Crippen molar-refractivity contribution in [2.75, 3.05) is 7.05 Å². The Morgan fingerprint density at radius 2 is 2.41 bits per heavy atom. The number of carbonyl (C=O) groups is 1. The van der Waals surface area contributed by atoms with Crippen molar-refractivity contribution in [1.82, 2.24) is 15.5 Å². The van der Waals surface area contributed by atoms with Gasteiger partial charge in [0.2, 0.25) is 5.91 Å². The quantitative estimate of drug-likeness (QED) is 0.755. The molecule has 1 aromatic carbocycles. The molecule has 0 atom stereocenters. The van der Waals surface area contributed by atoms with Crippen LogP contribution >= 0.6 is 0 Å². The first kappa shape index (κ1) is 10.9. The number of nitrogens with one attached hydrogen (secondary N) is 2. The van der Waals surface area contributed by atoms with Gasteiger partial charge in [0.05, 0.1) is 23.3 Å². The Kier molecular flexibility index (Phi) is 2.88. The molecule has 5 nitrogen and oxygen atoms in total. The fourth-order valence-corrected chi connectivity index (χ4v) is 1.52. The normalized spacial score (nSPS) is 10.6. The average Bonchev–Trinajstić information content (AvgIpc) is 2.82. The summed E-state index contributed by atoms with van der Waals surface area (Å²) < 4.78 is 0. The molecule has 0 aliphatic carbocycles. The average molecular weight is 226 g/mol. The van der Waals surface area contributed by atoms with Gasteiger partial charge >= 0.3 is 0 Å². The van der Waals surface area contributed by atoms with Gasteiger partial charge in [0.1, 0.15) is 0 Å². The van der Waals surface area contributed by atoms with Gasteiger partial charge in [-0.2, -0.15) is 10.4 Å². The van der Waals surface area contributed by atoms with E-state index in [0.717, 1.165) is 16.5 Å². The summed E-state index contributed by atoms with van der Waals surface area (Å²) in [5.74, 6) is -0.187. The predicted molar refractivity (Wildman–Crippen MR) is 63.9 cm³/mol. The molecule has 0 unspecified atom stereocenters. The molecule has 84 valence electrons. The highest BCUT2D eigenvalue weighted by atomic mass is 16.1. The van der Waals surface area contributed by atoms with E-state index in [0.29, 0.717) is 5.56 Å². The van der Waals surface area contributed by atoms with Crippen LogP contribution in [0.4, 0.5) is 0 Å². The fourth-order valence-electron chi connectivity index (χ4n) is 1.52. The summed E-state index contributed by atoms with van der Waals surface area (Å²) in [7, 11) is 1.56. The number of H-pyrrole nitrogens is 1. The van der Waals surface area contributed by atoms with Gasteiger partial charge in [-0.15, -0.1) is 0 Å². The number of aromatic amines is 1. The molecule has 0 bridgehead atoms. The maximum absolute atomic E-state index is 11.1. The van der Waals surface area contributed by atoms with Gasteiger partial charge in [-0.1, -0.05) is 0 Å². The van der Waals surface area contributed by atoms with Crippen molar-refractivity contribution in [2.24, 2.45) is 0 Å². The molecule has 2 rings (SSSR count). The number of nitriles is 1. The molecular weight excluding hydrogens is 216 g/mol. The number of hydrogen-bond acceptors (Lipinski definition) is 3. The number of carbonyl (C=O) groups excluding carboxylic acids is 1. The standard InChI is InChI=1S/C12H10N4O/c1-14-12(17)3-2-8-4-9(6-13)10-7-15-16-11(10)5-8/h2-5,7H,1H3,(H,14,17)(H,15,16)/b3-2+. The number of hydrogen-bond donors (Lipinski definition) is 2. The Hall–Kier alpha value is -2.61. The van der Waals surface area contributed by atoms with E-state index in [-0.39, 0.29) is 5.91 Å². The Bertz CT molecular complexity index is 633. The molecule has 0 saturated carbocycles. The highest BCUT2D eigenvalue weighted by molar-refractivity contribution is 5.93. The third-order valence-corrected chi connectivity index (χ3v) is 2.38. The van der Waals surface area contributed by atoms with Crippen LogP contribution in [0.5, 0.6) is 0 Å². The van der Waals surface area contributed by atoms with Gasteiger partial charge in [-0.05, 0) is 23.8 Å². The highest BCUT2D eigenvalue weighted by Crippen LogP contribution is 2.19. The molecule has 0 radical (unpaired) electrons. The van der Waals surface area contributed by atoms with Crippen molar-refractivity contribution in [3.63, 3.8) is 0 Å². The number of aromatic nitrogens is 2.